The highest BCUT2D eigenvalue weighted by atomic mass is 35.5. The van der Waals surface area contributed by atoms with E-state index >= 15 is 0 Å². The van der Waals surface area contributed by atoms with E-state index in [1.165, 1.54) is 6.07 Å². The number of carbonyl (C=O) groups excluding carboxylic acids is 1. The van der Waals surface area contributed by atoms with Gasteiger partial charge in [0.1, 0.15) is 0 Å². The van der Waals surface area contributed by atoms with Crippen molar-refractivity contribution in [2.24, 2.45) is 0 Å². The van der Waals surface area contributed by atoms with Gasteiger partial charge < -0.3 is 10.4 Å². The summed E-state index contributed by atoms with van der Waals surface area (Å²) in [4.78, 5) is 23.0. The lowest BCUT2D eigenvalue weighted by atomic mass is 10.0. The predicted molar refractivity (Wildman–Crippen MR) is 77.2 cm³/mol. The normalized spacial score (nSPS) is 10.1. The summed E-state index contributed by atoms with van der Waals surface area (Å²) in [5.74, 6) is -1.32. The lowest BCUT2D eigenvalue weighted by molar-refractivity contribution is -0.115. The zero-order valence-corrected chi connectivity index (χ0v) is 11.2. The van der Waals surface area contributed by atoms with Crippen LogP contribution in [0.2, 0.25) is 5.02 Å². The number of hydrogen-bond donors (Lipinski definition) is 2. The highest BCUT2D eigenvalue weighted by molar-refractivity contribution is 6.30. The first-order valence-corrected chi connectivity index (χ1v) is 6.30. The monoisotopic (exact) mass is 289 g/mol. The molecule has 0 saturated carbocycles. The number of anilines is 1. The van der Waals surface area contributed by atoms with E-state index in [0.29, 0.717) is 16.3 Å². The number of rotatable bonds is 4. The molecular weight excluding hydrogens is 278 g/mol. The largest absolute Gasteiger partial charge is 0.478 e. The van der Waals surface area contributed by atoms with Gasteiger partial charge in [-0.2, -0.15) is 0 Å². The van der Waals surface area contributed by atoms with Crippen LogP contribution in [-0.2, 0) is 11.2 Å². The number of carboxylic acid groups (broad SMARTS) is 1. The van der Waals surface area contributed by atoms with Gasteiger partial charge in [-0.05, 0) is 35.9 Å². The number of carboxylic acids is 1. The third-order valence-corrected chi connectivity index (χ3v) is 2.98. The Morgan fingerprint density at radius 3 is 2.35 bits per heavy atom. The van der Waals surface area contributed by atoms with Crippen molar-refractivity contribution in [2.45, 2.75) is 6.42 Å². The van der Waals surface area contributed by atoms with Crippen molar-refractivity contribution in [3.05, 3.63) is 64.7 Å². The summed E-state index contributed by atoms with van der Waals surface area (Å²) in [6, 6.07) is 13.1. The average Bonchev–Trinajstić information content (AvgIpc) is 2.41. The smallest absolute Gasteiger partial charge is 0.335 e. The maximum Gasteiger partial charge on any atom is 0.335 e. The second-order valence-corrected chi connectivity index (χ2v) is 4.63. The van der Waals surface area contributed by atoms with Gasteiger partial charge in [0.05, 0.1) is 12.0 Å². The predicted octanol–water partition coefficient (Wildman–Crippen LogP) is 3.22. The van der Waals surface area contributed by atoms with Crippen LogP contribution in [0.5, 0.6) is 0 Å². The van der Waals surface area contributed by atoms with E-state index < -0.39 is 5.97 Å². The molecule has 2 rings (SSSR count). The Balaban J connectivity index is 2.08. The maximum absolute atomic E-state index is 11.9. The molecule has 4 nitrogen and oxygen atoms in total. The summed E-state index contributed by atoms with van der Waals surface area (Å²) < 4.78 is 0. The van der Waals surface area contributed by atoms with Crippen molar-refractivity contribution in [2.75, 3.05) is 5.32 Å². The van der Waals surface area contributed by atoms with Gasteiger partial charge in [-0.1, -0.05) is 29.8 Å². The fraction of sp³-hybridized carbons (Fsp3) is 0.0667. The highest BCUT2D eigenvalue weighted by Crippen LogP contribution is 2.15. The third kappa shape index (κ3) is 3.59. The Morgan fingerprint density at radius 1 is 1.05 bits per heavy atom. The number of halogens is 1. The lowest BCUT2D eigenvalue weighted by Gasteiger charge is -2.07. The first-order chi connectivity index (χ1) is 9.56. The summed E-state index contributed by atoms with van der Waals surface area (Å²) >= 11 is 5.76. The van der Waals surface area contributed by atoms with E-state index in [4.69, 9.17) is 16.7 Å². The molecule has 0 heterocycles. The molecule has 2 aromatic carbocycles. The van der Waals surface area contributed by atoms with Gasteiger partial charge in [0.25, 0.3) is 0 Å². The molecule has 5 heteroatoms. The summed E-state index contributed by atoms with van der Waals surface area (Å²) in [6.45, 7) is 0. The quantitative estimate of drug-likeness (QED) is 0.908. The van der Waals surface area contributed by atoms with E-state index in [2.05, 4.69) is 5.32 Å². The van der Waals surface area contributed by atoms with Crippen molar-refractivity contribution in [3.63, 3.8) is 0 Å². The highest BCUT2D eigenvalue weighted by Gasteiger charge is 2.12. The van der Waals surface area contributed by atoms with Gasteiger partial charge in [0.15, 0.2) is 0 Å². The number of hydrogen-bond acceptors (Lipinski definition) is 2. The molecule has 2 aromatic rings. The Labute approximate surface area is 121 Å². The second kappa shape index (κ2) is 6.21. The van der Waals surface area contributed by atoms with Crippen LogP contribution in [0.1, 0.15) is 15.9 Å². The third-order valence-electron chi connectivity index (χ3n) is 2.73. The van der Waals surface area contributed by atoms with Gasteiger partial charge in [0, 0.05) is 10.7 Å². The molecule has 0 atom stereocenters. The fourth-order valence-corrected chi connectivity index (χ4v) is 1.92. The summed E-state index contributed by atoms with van der Waals surface area (Å²) in [5.41, 5.74) is 1.23. The molecule has 0 saturated heterocycles. The van der Waals surface area contributed by atoms with Gasteiger partial charge >= 0.3 is 5.97 Å². The van der Waals surface area contributed by atoms with Crippen LogP contribution in [0, 0.1) is 0 Å². The number of aromatic carboxylic acids is 1. The van der Waals surface area contributed by atoms with Gasteiger partial charge in [-0.3, -0.25) is 4.79 Å². The van der Waals surface area contributed by atoms with Crippen molar-refractivity contribution in [3.8, 4) is 0 Å². The first-order valence-electron chi connectivity index (χ1n) is 5.93. The van der Waals surface area contributed by atoms with Crippen molar-refractivity contribution in [1.29, 1.82) is 0 Å². The van der Waals surface area contributed by atoms with Gasteiger partial charge in [-0.25, -0.2) is 4.79 Å². The van der Waals surface area contributed by atoms with Crippen LogP contribution in [0.15, 0.2) is 48.5 Å². The molecule has 0 aliphatic carbocycles. The minimum Gasteiger partial charge on any atom is -0.478 e. The van der Waals surface area contributed by atoms with E-state index in [1.54, 1.807) is 42.5 Å². The van der Waals surface area contributed by atoms with Crippen molar-refractivity contribution < 1.29 is 14.7 Å². The Hall–Kier alpha value is -2.33. The molecule has 0 spiro atoms. The molecular formula is C15H12ClNO3. The zero-order valence-electron chi connectivity index (χ0n) is 10.5. The van der Waals surface area contributed by atoms with E-state index in [-0.39, 0.29) is 17.9 Å². The minimum absolute atomic E-state index is 0.00506. The molecule has 0 radical (unpaired) electrons. The fourth-order valence-electron chi connectivity index (χ4n) is 1.79. The van der Waals surface area contributed by atoms with E-state index in [1.807, 2.05) is 0 Å². The van der Waals surface area contributed by atoms with Gasteiger partial charge in [-0.15, -0.1) is 0 Å². The average molecular weight is 290 g/mol. The Morgan fingerprint density at radius 2 is 1.70 bits per heavy atom. The lowest BCUT2D eigenvalue weighted by Crippen LogP contribution is -2.16. The summed E-state index contributed by atoms with van der Waals surface area (Å²) in [7, 11) is 0. The van der Waals surface area contributed by atoms with E-state index in [0.717, 1.165) is 0 Å². The molecule has 0 unspecified atom stereocenters. The standard InChI is InChI=1S/C15H12ClNO3/c16-11-5-7-12(8-6-11)17-14(18)9-10-3-1-2-4-13(10)15(19)20/h1-8H,9H2,(H,17,18)(H,19,20). The second-order valence-electron chi connectivity index (χ2n) is 4.19. The molecule has 0 aliphatic heterocycles. The Bertz CT molecular complexity index is 638. The molecule has 20 heavy (non-hydrogen) atoms. The minimum atomic E-state index is -1.04. The summed E-state index contributed by atoms with van der Waals surface area (Å²) in [5, 5.41) is 12.3. The van der Waals surface area contributed by atoms with Crippen molar-refractivity contribution in [1.82, 2.24) is 0 Å². The molecule has 0 aromatic heterocycles. The number of benzene rings is 2. The molecule has 2 N–H and O–H groups in total. The van der Waals surface area contributed by atoms with Crippen LogP contribution in [-0.4, -0.2) is 17.0 Å². The molecule has 0 fully saturated rings. The summed E-state index contributed by atoms with van der Waals surface area (Å²) in [6.07, 6.45) is 0.00506. The molecule has 102 valence electrons. The van der Waals surface area contributed by atoms with Gasteiger partial charge in [0.2, 0.25) is 5.91 Å². The Kier molecular flexibility index (Phi) is 4.38. The molecule has 0 aliphatic rings. The number of nitrogens with one attached hydrogen (secondary N) is 1. The van der Waals surface area contributed by atoms with Crippen LogP contribution in [0.4, 0.5) is 5.69 Å². The maximum atomic E-state index is 11.9. The van der Waals surface area contributed by atoms with Crippen molar-refractivity contribution >= 4 is 29.2 Å². The SMILES string of the molecule is O=C(Cc1ccccc1C(=O)O)Nc1ccc(Cl)cc1. The van der Waals surface area contributed by atoms with E-state index in [9.17, 15) is 9.59 Å². The topological polar surface area (TPSA) is 66.4 Å². The van der Waals surface area contributed by atoms with Crippen LogP contribution in [0.3, 0.4) is 0 Å². The number of carbonyl (C=O) groups is 2. The van der Waals surface area contributed by atoms with Crippen LogP contribution >= 0.6 is 11.6 Å². The van der Waals surface area contributed by atoms with Crippen LogP contribution < -0.4 is 5.32 Å². The first kappa shape index (κ1) is 14.1. The van der Waals surface area contributed by atoms with Crippen LogP contribution in [0.25, 0.3) is 0 Å². The number of amides is 1. The zero-order chi connectivity index (χ0) is 14.5. The molecule has 1 amide bonds. The molecule has 0 bridgehead atoms.